The first-order chi connectivity index (χ1) is 17.3. The van der Waals surface area contributed by atoms with Crippen molar-refractivity contribution in [2.75, 3.05) is 13.1 Å². The average Bonchev–Trinajstić information content (AvgIpc) is 2.79. The first-order valence-electron chi connectivity index (χ1n) is 13.2. The predicted molar refractivity (Wildman–Crippen MR) is 145 cm³/mol. The van der Waals surface area contributed by atoms with Crippen molar-refractivity contribution in [3.05, 3.63) is 34.9 Å². The van der Waals surface area contributed by atoms with Gasteiger partial charge in [0, 0.05) is 19.5 Å². The van der Waals surface area contributed by atoms with E-state index in [1.54, 1.807) is 20.8 Å². The van der Waals surface area contributed by atoms with E-state index in [4.69, 9.17) is 10.5 Å². The van der Waals surface area contributed by atoms with Crippen molar-refractivity contribution < 1.29 is 23.9 Å². The van der Waals surface area contributed by atoms with Gasteiger partial charge >= 0.3 is 6.09 Å². The number of nitrogens with zero attached hydrogens (tertiary/aromatic N) is 1. The second kappa shape index (κ2) is 15.2. The van der Waals surface area contributed by atoms with E-state index in [0.29, 0.717) is 18.5 Å². The van der Waals surface area contributed by atoms with Crippen molar-refractivity contribution in [3.63, 3.8) is 0 Å². The number of hydrogen-bond donors (Lipinski definition) is 3. The standard InChI is InChI=1S/C28H46N4O5/c1-8-10-11-16-30-25(34)24(21-13-12-19(3)20(4)18-21)32(17-9-2)26(35)22(14-15-23(29)33)31-27(36)37-28(5,6)7/h12-13,18,22,24H,8-11,14-17H2,1-7H3,(H2,29,33)(H,30,34)(H,31,36). The molecule has 1 rings (SSSR count). The maximum absolute atomic E-state index is 13.9. The molecule has 4 N–H and O–H groups in total. The van der Waals surface area contributed by atoms with Crippen LogP contribution in [0, 0.1) is 13.8 Å². The molecule has 0 heterocycles. The summed E-state index contributed by atoms with van der Waals surface area (Å²) in [7, 11) is 0. The molecule has 0 aliphatic rings. The van der Waals surface area contributed by atoms with Gasteiger partial charge in [-0.05, 0) is 70.6 Å². The number of benzene rings is 1. The van der Waals surface area contributed by atoms with Crippen molar-refractivity contribution in [1.82, 2.24) is 15.5 Å². The van der Waals surface area contributed by atoms with Gasteiger partial charge in [0.05, 0.1) is 0 Å². The number of carbonyl (C=O) groups is 4. The Kier molecular flexibility index (Phi) is 13.1. The number of nitrogens with one attached hydrogen (secondary N) is 2. The second-order valence-electron chi connectivity index (χ2n) is 10.5. The summed E-state index contributed by atoms with van der Waals surface area (Å²) in [5, 5.41) is 5.59. The lowest BCUT2D eigenvalue weighted by molar-refractivity contribution is -0.142. The lowest BCUT2D eigenvalue weighted by Crippen LogP contribution is -2.53. The number of aryl methyl sites for hydroxylation is 2. The van der Waals surface area contributed by atoms with Gasteiger partial charge in [0.25, 0.3) is 0 Å². The zero-order valence-corrected chi connectivity index (χ0v) is 23.6. The Morgan fingerprint density at radius 2 is 1.70 bits per heavy atom. The maximum atomic E-state index is 13.9. The normalized spacial score (nSPS) is 12.8. The van der Waals surface area contributed by atoms with Crippen LogP contribution < -0.4 is 16.4 Å². The number of alkyl carbamates (subject to hydrolysis) is 1. The Hall–Kier alpha value is -3.10. The summed E-state index contributed by atoms with van der Waals surface area (Å²) in [6, 6.07) is 3.72. The number of unbranched alkanes of at least 4 members (excludes halogenated alkanes) is 2. The maximum Gasteiger partial charge on any atom is 0.408 e. The number of rotatable bonds is 14. The molecule has 0 saturated heterocycles. The molecule has 0 radical (unpaired) electrons. The van der Waals surface area contributed by atoms with E-state index in [0.717, 1.165) is 30.4 Å². The van der Waals surface area contributed by atoms with Crippen molar-refractivity contribution in [3.8, 4) is 0 Å². The minimum Gasteiger partial charge on any atom is -0.444 e. The van der Waals surface area contributed by atoms with Crippen LogP contribution in [0.15, 0.2) is 18.2 Å². The van der Waals surface area contributed by atoms with Gasteiger partial charge in [-0.1, -0.05) is 44.9 Å². The molecule has 1 aromatic rings. The highest BCUT2D eigenvalue weighted by Gasteiger charge is 2.36. The topological polar surface area (TPSA) is 131 Å². The Labute approximate surface area is 221 Å². The van der Waals surface area contributed by atoms with Gasteiger partial charge in [-0.3, -0.25) is 14.4 Å². The lowest BCUT2D eigenvalue weighted by atomic mass is 9.97. The van der Waals surface area contributed by atoms with Gasteiger partial charge in [-0.15, -0.1) is 0 Å². The monoisotopic (exact) mass is 518 g/mol. The molecule has 2 unspecified atom stereocenters. The van der Waals surface area contributed by atoms with Crippen LogP contribution in [0.4, 0.5) is 4.79 Å². The molecular weight excluding hydrogens is 472 g/mol. The van der Waals surface area contributed by atoms with Gasteiger partial charge < -0.3 is 26.0 Å². The van der Waals surface area contributed by atoms with Crippen LogP contribution in [0.1, 0.15) is 95.9 Å². The van der Waals surface area contributed by atoms with Crippen LogP contribution >= 0.6 is 0 Å². The third kappa shape index (κ3) is 11.2. The Morgan fingerprint density at radius 1 is 1.03 bits per heavy atom. The molecule has 208 valence electrons. The summed E-state index contributed by atoms with van der Waals surface area (Å²) in [6.45, 7) is 13.9. The van der Waals surface area contributed by atoms with Crippen LogP contribution in [-0.2, 0) is 19.1 Å². The average molecular weight is 519 g/mol. The summed E-state index contributed by atoms with van der Waals surface area (Å²) in [4.78, 5) is 53.0. The summed E-state index contributed by atoms with van der Waals surface area (Å²) < 4.78 is 5.35. The van der Waals surface area contributed by atoms with Crippen LogP contribution in [0.2, 0.25) is 0 Å². The molecule has 1 aromatic carbocycles. The van der Waals surface area contributed by atoms with E-state index < -0.39 is 35.6 Å². The van der Waals surface area contributed by atoms with Gasteiger partial charge in [0.2, 0.25) is 17.7 Å². The van der Waals surface area contributed by atoms with E-state index in [-0.39, 0.29) is 25.3 Å². The highest BCUT2D eigenvalue weighted by molar-refractivity contribution is 5.92. The molecule has 0 spiro atoms. The fourth-order valence-electron chi connectivity index (χ4n) is 3.89. The van der Waals surface area contributed by atoms with Crippen LogP contribution in [0.25, 0.3) is 0 Å². The summed E-state index contributed by atoms with van der Waals surface area (Å²) in [5.74, 6) is -1.35. The Bertz CT molecular complexity index is 926. The number of primary amides is 1. The van der Waals surface area contributed by atoms with Gasteiger partial charge in [0.1, 0.15) is 17.7 Å². The molecule has 37 heavy (non-hydrogen) atoms. The van der Waals surface area contributed by atoms with E-state index in [1.165, 1.54) is 4.90 Å². The number of amides is 4. The zero-order valence-electron chi connectivity index (χ0n) is 23.6. The van der Waals surface area contributed by atoms with Crippen molar-refractivity contribution in [1.29, 1.82) is 0 Å². The van der Waals surface area contributed by atoms with E-state index in [9.17, 15) is 19.2 Å². The fourth-order valence-corrected chi connectivity index (χ4v) is 3.89. The molecule has 0 saturated carbocycles. The molecular formula is C28H46N4O5. The molecule has 0 fully saturated rings. The lowest BCUT2D eigenvalue weighted by Gasteiger charge is -2.34. The molecule has 0 aliphatic heterocycles. The largest absolute Gasteiger partial charge is 0.444 e. The van der Waals surface area contributed by atoms with Crippen molar-refractivity contribution in [2.45, 2.75) is 105 Å². The first kappa shape index (κ1) is 31.9. The molecule has 4 amide bonds. The minimum absolute atomic E-state index is 0.00854. The minimum atomic E-state index is -1.09. The van der Waals surface area contributed by atoms with Crippen LogP contribution in [0.3, 0.4) is 0 Å². The second-order valence-corrected chi connectivity index (χ2v) is 10.5. The molecule has 2 atom stereocenters. The molecule has 0 aromatic heterocycles. The molecule has 0 aliphatic carbocycles. The van der Waals surface area contributed by atoms with Crippen LogP contribution in [-0.4, -0.2) is 53.4 Å². The Balaban J connectivity index is 3.42. The molecule has 9 heteroatoms. The smallest absolute Gasteiger partial charge is 0.408 e. The van der Waals surface area contributed by atoms with Gasteiger partial charge in [-0.2, -0.15) is 0 Å². The third-order valence-electron chi connectivity index (χ3n) is 5.90. The first-order valence-corrected chi connectivity index (χ1v) is 13.2. The highest BCUT2D eigenvalue weighted by atomic mass is 16.6. The predicted octanol–water partition coefficient (Wildman–Crippen LogP) is 4.05. The van der Waals surface area contributed by atoms with Crippen molar-refractivity contribution in [2.24, 2.45) is 5.73 Å². The summed E-state index contributed by atoms with van der Waals surface area (Å²) >= 11 is 0. The number of hydrogen-bond acceptors (Lipinski definition) is 5. The van der Waals surface area contributed by atoms with Gasteiger partial charge in [-0.25, -0.2) is 4.79 Å². The van der Waals surface area contributed by atoms with Crippen molar-refractivity contribution >= 4 is 23.8 Å². The molecule has 9 nitrogen and oxygen atoms in total. The highest BCUT2D eigenvalue weighted by Crippen LogP contribution is 2.26. The zero-order chi connectivity index (χ0) is 28.2. The Morgan fingerprint density at radius 3 is 2.24 bits per heavy atom. The number of ether oxygens (including phenoxy) is 1. The number of carbonyl (C=O) groups excluding carboxylic acids is 4. The SMILES string of the molecule is CCCCCNC(=O)C(c1ccc(C)c(C)c1)N(CCC)C(=O)C(CCC(N)=O)NC(=O)OC(C)(C)C. The quantitative estimate of drug-likeness (QED) is 0.320. The third-order valence-corrected chi connectivity index (χ3v) is 5.90. The summed E-state index contributed by atoms with van der Waals surface area (Å²) in [6.07, 6.45) is 2.54. The van der Waals surface area contributed by atoms with E-state index in [2.05, 4.69) is 17.6 Å². The summed E-state index contributed by atoms with van der Waals surface area (Å²) in [5.41, 5.74) is 7.33. The molecule has 0 bridgehead atoms. The van der Waals surface area contributed by atoms with Gasteiger partial charge in [0.15, 0.2) is 0 Å². The van der Waals surface area contributed by atoms with Crippen LogP contribution in [0.5, 0.6) is 0 Å². The fraction of sp³-hybridized carbons (Fsp3) is 0.643. The van der Waals surface area contributed by atoms with E-state index in [1.807, 2.05) is 39.0 Å². The van der Waals surface area contributed by atoms with E-state index >= 15 is 0 Å². The number of nitrogens with two attached hydrogens (primary N) is 1.